The molecule has 0 bridgehead atoms. The standard InChI is InChI=1S/C20H26N4O2/c1-26-15-5-10-21-17-8-9-19(22-16-17)20(25)24-13-11-23(12-14-24)18-6-3-2-4-7-18/h2-4,6-9,16,21H,5,10-15H2,1H3. The Labute approximate surface area is 154 Å². The molecule has 1 aliphatic heterocycles. The number of methoxy groups -OCH3 is 1. The number of carbonyl (C=O) groups excluding carboxylic acids is 1. The monoisotopic (exact) mass is 354 g/mol. The van der Waals surface area contributed by atoms with Crippen LogP contribution in [-0.2, 0) is 4.74 Å². The second-order valence-electron chi connectivity index (χ2n) is 6.32. The summed E-state index contributed by atoms with van der Waals surface area (Å²) >= 11 is 0. The van der Waals surface area contributed by atoms with Crippen molar-refractivity contribution in [1.82, 2.24) is 9.88 Å². The Bertz CT molecular complexity index is 683. The number of carbonyl (C=O) groups is 1. The minimum Gasteiger partial charge on any atom is -0.385 e. The van der Waals surface area contributed by atoms with Gasteiger partial charge in [0.25, 0.3) is 5.91 Å². The first kappa shape index (κ1) is 18.2. The van der Waals surface area contributed by atoms with Gasteiger partial charge < -0.3 is 19.9 Å². The van der Waals surface area contributed by atoms with Crippen molar-refractivity contribution in [2.45, 2.75) is 6.42 Å². The van der Waals surface area contributed by atoms with Gasteiger partial charge in [-0.3, -0.25) is 4.79 Å². The van der Waals surface area contributed by atoms with Gasteiger partial charge in [0.2, 0.25) is 0 Å². The van der Waals surface area contributed by atoms with Crippen LogP contribution in [0.2, 0.25) is 0 Å². The van der Waals surface area contributed by atoms with Crippen LogP contribution in [0.5, 0.6) is 0 Å². The number of pyridine rings is 1. The Morgan fingerprint density at radius 3 is 2.54 bits per heavy atom. The van der Waals surface area contributed by atoms with Crippen molar-refractivity contribution >= 4 is 17.3 Å². The molecule has 138 valence electrons. The van der Waals surface area contributed by atoms with Crippen molar-refractivity contribution in [2.24, 2.45) is 0 Å². The number of benzene rings is 1. The first-order valence-corrected chi connectivity index (χ1v) is 9.06. The number of hydrogen-bond acceptors (Lipinski definition) is 5. The number of ether oxygens (including phenoxy) is 1. The van der Waals surface area contributed by atoms with Crippen molar-refractivity contribution < 1.29 is 9.53 Å². The van der Waals surface area contributed by atoms with Gasteiger partial charge in [0, 0.05) is 52.1 Å². The van der Waals surface area contributed by atoms with Gasteiger partial charge in [-0.2, -0.15) is 0 Å². The molecule has 2 aromatic rings. The molecule has 6 nitrogen and oxygen atoms in total. The van der Waals surface area contributed by atoms with Crippen LogP contribution in [0.15, 0.2) is 48.7 Å². The van der Waals surface area contributed by atoms with E-state index in [1.165, 1.54) is 5.69 Å². The number of aromatic nitrogens is 1. The van der Waals surface area contributed by atoms with Crippen molar-refractivity contribution in [3.8, 4) is 0 Å². The molecule has 6 heteroatoms. The molecule has 1 fully saturated rings. The Balaban J connectivity index is 1.50. The van der Waals surface area contributed by atoms with Crippen molar-refractivity contribution in [3.63, 3.8) is 0 Å². The SMILES string of the molecule is COCCCNc1ccc(C(=O)N2CCN(c3ccccc3)CC2)nc1. The van der Waals surface area contributed by atoms with E-state index in [1.54, 1.807) is 19.4 Å². The molecule has 0 unspecified atom stereocenters. The molecule has 0 aliphatic carbocycles. The third kappa shape index (κ3) is 4.73. The number of rotatable bonds is 7. The molecule has 1 aromatic carbocycles. The third-order valence-electron chi connectivity index (χ3n) is 4.53. The number of hydrogen-bond donors (Lipinski definition) is 1. The summed E-state index contributed by atoms with van der Waals surface area (Å²) in [7, 11) is 1.70. The van der Waals surface area contributed by atoms with E-state index in [4.69, 9.17) is 4.74 Å². The summed E-state index contributed by atoms with van der Waals surface area (Å²) in [5.74, 6) is 0.00337. The summed E-state index contributed by atoms with van der Waals surface area (Å²) < 4.78 is 5.02. The van der Waals surface area contributed by atoms with E-state index in [-0.39, 0.29) is 5.91 Å². The topological polar surface area (TPSA) is 57.7 Å². The number of piperazine rings is 1. The minimum absolute atomic E-state index is 0.00337. The minimum atomic E-state index is 0.00337. The van der Waals surface area contributed by atoms with E-state index >= 15 is 0 Å². The maximum atomic E-state index is 12.7. The number of nitrogens with one attached hydrogen (secondary N) is 1. The smallest absolute Gasteiger partial charge is 0.272 e. The fourth-order valence-electron chi connectivity index (χ4n) is 3.04. The summed E-state index contributed by atoms with van der Waals surface area (Å²) in [5.41, 5.74) is 2.63. The van der Waals surface area contributed by atoms with Crippen LogP contribution in [-0.4, -0.2) is 62.2 Å². The zero-order chi connectivity index (χ0) is 18.2. The van der Waals surface area contributed by atoms with Crippen LogP contribution in [0, 0.1) is 0 Å². The summed E-state index contributed by atoms with van der Waals surface area (Å²) in [6.45, 7) is 4.67. The largest absolute Gasteiger partial charge is 0.385 e. The van der Waals surface area contributed by atoms with Crippen LogP contribution in [0.25, 0.3) is 0 Å². The Kier molecular flexibility index (Phi) is 6.44. The van der Waals surface area contributed by atoms with Crippen molar-refractivity contribution in [3.05, 3.63) is 54.4 Å². The molecule has 1 amide bonds. The predicted octanol–water partition coefficient (Wildman–Crippen LogP) is 2.49. The van der Waals surface area contributed by atoms with E-state index in [1.807, 2.05) is 29.2 Å². The van der Waals surface area contributed by atoms with Crippen LogP contribution >= 0.6 is 0 Å². The second kappa shape index (κ2) is 9.20. The molecule has 1 aliphatic rings. The van der Waals surface area contributed by atoms with Crippen LogP contribution in [0.4, 0.5) is 11.4 Å². The van der Waals surface area contributed by atoms with Crippen LogP contribution in [0.3, 0.4) is 0 Å². The highest BCUT2D eigenvalue weighted by Crippen LogP contribution is 2.17. The predicted molar refractivity (Wildman–Crippen MR) is 104 cm³/mol. The lowest BCUT2D eigenvalue weighted by molar-refractivity contribution is 0.0741. The second-order valence-corrected chi connectivity index (χ2v) is 6.32. The lowest BCUT2D eigenvalue weighted by Gasteiger charge is -2.36. The highest BCUT2D eigenvalue weighted by atomic mass is 16.5. The fourth-order valence-corrected chi connectivity index (χ4v) is 3.04. The Hall–Kier alpha value is -2.60. The molecule has 0 atom stereocenters. The highest BCUT2D eigenvalue weighted by Gasteiger charge is 2.22. The zero-order valence-corrected chi connectivity index (χ0v) is 15.2. The summed E-state index contributed by atoms with van der Waals surface area (Å²) in [4.78, 5) is 21.2. The molecule has 1 saturated heterocycles. The van der Waals surface area contributed by atoms with Gasteiger partial charge in [-0.15, -0.1) is 0 Å². The Morgan fingerprint density at radius 1 is 1.12 bits per heavy atom. The van der Waals surface area contributed by atoms with Gasteiger partial charge in [0.1, 0.15) is 5.69 Å². The van der Waals surface area contributed by atoms with E-state index in [0.29, 0.717) is 18.8 Å². The first-order valence-electron chi connectivity index (χ1n) is 9.06. The molecule has 0 saturated carbocycles. The van der Waals surface area contributed by atoms with Crippen molar-refractivity contribution in [1.29, 1.82) is 0 Å². The molecule has 2 heterocycles. The zero-order valence-electron chi connectivity index (χ0n) is 15.2. The quantitative estimate of drug-likeness (QED) is 0.774. The highest BCUT2D eigenvalue weighted by molar-refractivity contribution is 5.92. The number of nitrogens with zero attached hydrogens (tertiary/aromatic N) is 3. The normalized spacial score (nSPS) is 14.3. The van der Waals surface area contributed by atoms with E-state index in [0.717, 1.165) is 38.3 Å². The maximum Gasteiger partial charge on any atom is 0.272 e. The molecular formula is C20H26N4O2. The van der Waals surface area contributed by atoms with Crippen LogP contribution < -0.4 is 10.2 Å². The number of anilines is 2. The lowest BCUT2D eigenvalue weighted by atomic mass is 10.2. The average molecular weight is 354 g/mol. The fraction of sp³-hybridized carbons (Fsp3) is 0.400. The third-order valence-corrected chi connectivity index (χ3v) is 4.53. The summed E-state index contributed by atoms with van der Waals surface area (Å²) in [6.07, 6.45) is 2.66. The summed E-state index contributed by atoms with van der Waals surface area (Å²) in [5, 5.41) is 3.28. The van der Waals surface area contributed by atoms with Crippen LogP contribution in [0.1, 0.15) is 16.9 Å². The summed E-state index contributed by atoms with van der Waals surface area (Å²) in [6, 6.07) is 14.0. The first-order chi connectivity index (χ1) is 12.8. The molecule has 1 aromatic heterocycles. The molecule has 0 spiro atoms. The van der Waals surface area contributed by atoms with E-state index < -0.39 is 0 Å². The average Bonchev–Trinajstić information content (AvgIpc) is 2.72. The van der Waals surface area contributed by atoms with Gasteiger partial charge in [-0.1, -0.05) is 18.2 Å². The Morgan fingerprint density at radius 2 is 1.88 bits per heavy atom. The van der Waals surface area contributed by atoms with E-state index in [2.05, 4.69) is 27.3 Å². The van der Waals surface area contributed by atoms with E-state index in [9.17, 15) is 4.79 Å². The molecule has 0 radical (unpaired) electrons. The van der Waals surface area contributed by atoms with Gasteiger partial charge in [-0.05, 0) is 30.7 Å². The van der Waals surface area contributed by atoms with Gasteiger partial charge in [0.15, 0.2) is 0 Å². The van der Waals surface area contributed by atoms with Gasteiger partial charge >= 0.3 is 0 Å². The lowest BCUT2D eigenvalue weighted by Crippen LogP contribution is -2.49. The van der Waals surface area contributed by atoms with Gasteiger partial charge in [-0.25, -0.2) is 4.98 Å². The molecule has 3 rings (SSSR count). The molecule has 1 N–H and O–H groups in total. The van der Waals surface area contributed by atoms with Crippen molar-refractivity contribution in [2.75, 3.05) is 56.7 Å². The molecule has 26 heavy (non-hydrogen) atoms. The number of para-hydroxylation sites is 1. The number of amides is 1. The van der Waals surface area contributed by atoms with Gasteiger partial charge in [0.05, 0.1) is 11.9 Å². The maximum absolute atomic E-state index is 12.7. The molecular weight excluding hydrogens is 328 g/mol.